The quantitative estimate of drug-likeness (QED) is 0.542. The molecule has 0 aliphatic carbocycles. The third kappa shape index (κ3) is 6.28. The molecule has 7 nitrogen and oxygen atoms in total. The summed E-state index contributed by atoms with van der Waals surface area (Å²) >= 11 is 0. The summed E-state index contributed by atoms with van der Waals surface area (Å²) in [5.74, 6) is 6.31. The van der Waals surface area contributed by atoms with E-state index in [0.29, 0.717) is 36.6 Å². The van der Waals surface area contributed by atoms with Crippen molar-refractivity contribution in [2.24, 2.45) is 5.92 Å². The van der Waals surface area contributed by atoms with E-state index in [1.807, 2.05) is 62.5 Å². The molecular weight excluding hydrogens is 452 g/mol. The highest BCUT2D eigenvalue weighted by Crippen LogP contribution is 2.27. The van der Waals surface area contributed by atoms with Crippen LogP contribution < -0.4 is 4.74 Å². The van der Waals surface area contributed by atoms with Gasteiger partial charge in [-0.3, -0.25) is 14.7 Å². The number of aromatic nitrogens is 2. The maximum absolute atomic E-state index is 13.6. The molecule has 3 atom stereocenters. The van der Waals surface area contributed by atoms with Gasteiger partial charge in [-0.05, 0) is 44.3 Å². The van der Waals surface area contributed by atoms with Gasteiger partial charge in [0.25, 0.3) is 5.91 Å². The number of ether oxygens (including phenoxy) is 1. The molecule has 0 unspecified atom stereocenters. The van der Waals surface area contributed by atoms with Gasteiger partial charge < -0.3 is 14.7 Å². The molecule has 2 aromatic heterocycles. The number of hydrogen-bond acceptors (Lipinski definition) is 6. The summed E-state index contributed by atoms with van der Waals surface area (Å²) in [6.45, 7) is 5.55. The lowest BCUT2D eigenvalue weighted by atomic mass is 10.00. The monoisotopic (exact) mass is 484 g/mol. The number of aliphatic hydroxyl groups excluding tert-OH is 1. The molecule has 3 heterocycles. The van der Waals surface area contributed by atoms with Crippen molar-refractivity contribution < 1.29 is 14.6 Å². The van der Waals surface area contributed by atoms with E-state index in [2.05, 4.69) is 33.6 Å². The van der Waals surface area contributed by atoms with Crippen LogP contribution in [0.1, 0.15) is 41.0 Å². The van der Waals surface area contributed by atoms with Crippen LogP contribution in [0.5, 0.6) is 5.88 Å². The second-order valence-electron chi connectivity index (χ2n) is 9.33. The van der Waals surface area contributed by atoms with E-state index in [1.54, 1.807) is 23.4 Å². The summed E-state index contributed by atoms with van der Waals surface area (Å²) in [6, 6.07) is 16.9. The molecule has 0 saturated carbocycles. The van der Waals surface area contributed by atoms with Crippen molar-refractivity contribution in [1.29, 1.82) is 0 Å². The third-order valence-corrected chi connectivity index (χ3v) is 6.30. The Hall–Kier alpha value is -3.73. The zero-order valence-electron chi connectivity index (χ0n) is 21.0. The van der Waals surface area contributed by atoms with Crippen LogP contribution in [0.4, 0.5) is 0 Å². The maximum atomic E-state index is 13.6. The Morgan fingerprint density at radius 1 is 1.14 bits per heavy atom. The van der Waals surface area contributed by atoms with Gasteiger partial charge in [0.1, 0.15) is 11.7 Å². The van der Waals surface area contributed by atoms with E-state index < -0.39 is 0 Å². The van der Waals surface area contributed by atoms with Gasteiger partial charge in [0.05, 0.1) is 18.3 Å². The molecule has 186 valence electrons. The highest BCUT2D eigenvalue weighted by Gasteiger charge is 2.34. The molecule has 1 aliphatic heterocycles. The number of hydrogen-bond donors (Lipinski definition) is 1. The van der Waals surface area contributed by atoms with E-state index in [9.17, 15) is 9.90 Å². The fourth-order valence-electron chi connectivity index (χ4n) is 4.19. The molecule has 1 aliphatic rings. The number of likely N-dealkylation sites (N-methyl/N-ethyl adjacent to an activating group) is 1. The highest BCUT2D eigenvalue weighted by molar-refractivity contribution is 5.97. The van der Waals surface area contributed by atoms with Gasteiger partial charge in [-0.2, -0.15) is 0 Å². The van der Waals surface area contributed by atoms with Gasteiger partial charge in [0.15, 0.2) is 0 Å². The van der Waals surface area contributed by atoms with Crippen LogP contribution in [-0.4, -0.2) is 69.7 Å². The van der Waals surface area contributed by atoms with Gasteiger partial charge in [0.2, 0.25) is 5.88 Å². The van der Waals surface area contributed by atoms with Crippen molar-refractivity contribution in [1.82, 2.24) is 19.8 Å². The van der Waals surface area contributed by atoms with Crippen LogP contribution in [0.25, 0.3) is 0 Å². The fourth-order valence-corrected chi connectivity index (χ4v) is 4.19. The number of carbonyl (C=O) groups is 1. The van der Waals surface area contributed by atoms with Crippen molar-refractivity contribution in [3.63, 3.8) is 0 Å². The maximum Gasteiger partial charge on any atom is 0.259 e. The Kier molecular flexibility index (Phi) is 8.32. The van der Waals surface area contributed by atoms with Crippen molar-refractivity contribution in [3.8, 4) is 17.7 Å². The Morgan fingerprint density at radius 3 is 2.61 bits per heavy atom. The van der Waals surface area contributed by atoms with Crippen LogP contribution in [0, 0.1) is 17.8 Å². The number of pyridine rings is 2. The predicted octanol–water partition coefficient (Wildman–Crippen LogP) is 3.23. The van der Waals surface area contributed by atoms with Crippen molar-refractivity contribution in [2.75, 3.05) is 26.7 Å². The summed E-state index contributed by atoms with van der Waals surface area (Å²) in [5.41, 5.74) is 2.85. The molecule has 0 radical (unpaired) electrons. The number of nitrogens with zero attached hydrogens (tertiary/aromatic N) is 4. The van der Waals surface area contributed by atoms with Crippen LogP contribution >= 0.6 is 0 Å². The summed E-state index contributed by atoms with van der Waals surface area (Å²) in [5, 5.41) is 9.86. The zero-order valence-corrected chi connectivity index (χ0v) is 21.0. The van der Waals surface area contributed by atoms with E-state index in [0.717, 1.165) is 11.3 Å². The average Bonchev–Trinajstić information content (AvgIpc) is 2.90. The number of fused-ring (bicyclic) bond motifs is 1. The molecule has 1 amide bonds. The van der Waals surface area contributed by atoms with Crippen LogP contribution in [-0.2, 0) is 6.54 Å². The highest BCUT2D eigenvalue weighted by atomic mass is 16.5. The van der Waals surface area contributed by atoms with Gasteiger partial charge in [-0.25, -0.2) is 4.98 Å². The second-order valence-corrected chi connectivity index (χ2v) is 9.33. The normalized spacial score (nSPS) is 18.4. The minimum atomic E-state index is -0.336. The topological polar surface area (TPSA) is 78.8 Å². The molecule has 1 aromatic carbocycles. The lowest BCUT2D eigenvalue weighted by Crippen LogP contribution is -2.49. The van der Waals surface area contributed by atoms with E-state index in [4.69, 9.17) is 4.74 Å². The van der Waals surface area contributed by atoms with Crippen LogP contribution in [0.3, 0.4) is 0 Å². The minimum Gasteiger partial charge on any atom is -0.472 e. The van der Waals surface area contributed by atoms with Crippen LogP contribution in [0.15, 0.2) is 67.0 Å². The first-order valence-corrected chi connectivity index (χ1v) is 12.2. The second kappa shape index (κ2) is 11.8. The van der Waals surface area contributed by atoms with Crippen molar-refractivity contribution in [3.05, 3.63) is 89.4 Å². The zero-order chi connectivity index (χ0) is 25.5. The molecule has 3 aromatic rings. The number of amides is 1. The number of rotatable bonds is 6. The van der Waals surface area contributed by atoms with Gasteiger partial charge in [-0.15, -0.1) is 0 Å². The third-order valence-electron chi connectivity index (χ3n) is 6.30. The average molecular weight is 485 g/mol. The molecular formula is C29H32N4O3. The molecule has 0 saturated heterocycles. The minimum absolute atomic E-state index is 0.0154. The summed E-state index contributed by atoms with van der Waals surface area (Å²) < 4.78 is 6.38. The lowest BCUT2D eigenvalue weighted by molar-refractivity contribution is 0.0324. The fraction of sp³-hybridized carbons (Fsp3) is 0.345. The summed E-state index contributed by atoms with van der Waals surface area (Å²) in [7, 11) is 2.03. The first-order valence-electron chi connectivity index (χ1n) is 12.2. The standard InChI is InChI=1S/C29H32N4O3/c1-21-17-33(22(2)20-34)29(35)26-15-24(13-12-23-9-5-4-6-10-23)16-31-28(26)36-27(21)19-32(3)18-25-11-7-8-14-30-25/h4-11,14-16,21-22,27,34H,17-20H2,1-3H3/t21-,22+,27-/m1/s1. The number of carbonyl (C=O) groups excluding carboxylic acids is 1. The van der Waals surface area contributed by atoms with E-state index in [1.165, 1.54) is 0 Å². The van der Waals surface area contributed by atoms with Gasteiger partial charge in [-0.1, -0.05) is 43.0 Å². The lowest BCUT2D eigenvalue weighted by Gasteiger charge is -2.37. The van der Waals surface area contributed by atoms with E-state index >= 15 is 0 Å². The first kappa shape index (κ1) is 25.4. The SMILES string of the molecule is C[C@@H]1CN([C@@H](C)CO)C(=O)c2cc(C#Cc3ccccc3)cnc2O[C@@H]1CN(C)Cc1ccccn1. The summed E-state index contributed by atoms with van der Waals surface area (Å²) in [6.07, 6.45) is 3.21. The predicted molar refractivity (Wildman–Crippen MR) is 138 cm³/mol. The van der Waals surface area contributed by atoms with E-state index in [-0.39, 0.29) is 30.6 Å². The van der Waals surface area contributed by atoms with Gasteiger partial charge >= 0.3 is 0 Å². The van der Waals surface area contributed by atoms with Crippen LogP contribution in [0.2, 0.25) is 0 Å². The Morgan fingerprint density at radius 2 is 1.89 bits per heavy atom. The molecule has 0 spiro atoms. The van der Waals surface area contributed by atoms with Gasteiger partial charge in [0, 0.05) is 49.1 Å². The van der Waals surface area contributed by atoms with Crippen molar-refractivity contribution >= 4 is 5.91 Å². The Balaban J connectivity index is 1.63. The Labute approximate surface area is 212 Å². The first-order chi connectivity index (χ1) is 17.4. The number of benzene rings is 1. The molecule has 0 fully saturated rings. The van der Waals surface area contributed by atoms with Crippen molar-refractivity contribution in [2.45, 2.75) is 32.5 Å². The molecule has 36 heavy (non-hydrogen) atoms. The molecule has 4 rings (SSSR count). The smallest absolute Gasteiger partial charge is 0.259 e. The molecule has 1 N–H and O–H groups in total. The number of aliphatic hydroxyl groups is 1. The molecule has 0 bridgehead atoms. The Bertz CT molecular complexity index is 1220. The largest absolute Gasteiger partial charge is 0.472 e. The molecule has 7 heteroatoms. The summed E-state index contributed by atoms with van der Waals surface area (Å²) in [4.78, 5) is 26.4.